The third-order valence-corrected chi connectivity index (χ3v) is 2.16. The number of rotatable bonds is 2. The van der Waals surface area contributed by atoms with E-state index in [2.05, 4.69) is 0 Å². The van der Waals surface area contributed by atoms with E-state index >= 15 is 0 Å². The highest BCUT2D eigenvalue weighted by Crippen LogP contribution is 2.27. The molecule has 1 rings (SSSR count). The maximum Gasteiger partial charge on any atom is 0.0568 e. The first-order valence-corrected chi connectivity index (χ1v) is 3.72. The van der Waals surface area contributed by atoms with E-state index in [1.165, 1.54) is 12.8 Å². The molecule has 3 N–H and O–H groups in total. The lowest BCUT2D eigenvalue weighted by atomic mass is 10.0. The summed E-state index contributed by atoms with van der Waals surface area (Å²) in [5.41, 5.74) is 5.36. The van der Waals surface area contributed by atoms with Crippen molar-refractivity contribution in [1.29, 1.82) is 0 Å². The molecular weight excluding hydrogens is 114 g/mol. The first kappa shape index (κ1) is 7.03. The second-order valence-electron chi connectivity index (χ2n) is 2.84. The van der Waals surface area contributed by atoms with Gasteiger partial charge in [-0.25, -0.2) is 0 Å². The van der Waals surface area contributed by atoms with Crippen molar-refractivity contribution in [3.63, 3.8) is 0 Å². The number of aliphatic hydroxyl groups is 1. The van der Waals surface area contributed by atoms with Gasteiger partial charge in [0.1, 0.15) is 0 Å². The molecule has 0 amide bonds. The van der Waals surface area contributed by atoms with E-state index in [9.17, 15) is 5.11 Å². The molecule has 0 radical (unpaired) electrons. The highest BCUT2D eigenvalue weighted by atomic mass is 16.3. The zero-order valence-corrected chi connectivity index (χ0v) is 5.71. The van der Waals surface area contributed by atoms with Crippen molar-refractivity contribution in [3.8, 4) is 0 Å². The van der Waals surface area contributed by atoms with Crippen molar-refractivity contribution in [2.24, 2.45) is 11.7 Å². The molecule has 2 heteroatoms. The molecule has 1 aliphatic rings. The molecule has 0 spiro atoms. The third kappa shape index (κ3) is 1.66. The van der Waals surface area contributed by atoms with Crippen molar-refractivity contribution in [3.05, 3.63) is 0 Å². The maximum atomic E-state index is 9.26. The molecule has 2 nitrogen and oxygen atoms in total. The van der Waals surface area contributed by atoms with E-state index in [1.54, 1.807) is 0 Å². The zero-order valence-electron chi connectivity index (χ0n) is 5.71. The Balaban J connectivity index is 2.22. The van der Waals surface area contributed by atoms with E-state index in [4.69, 9.17) is 5.73 Å². The van der Waals surface area contributed by atoms with Crippen LogP contribution in [0.15, 0.2) is 0 Å². The Morgan fingerprint density at radius 3 is 2.67 bits per heavy atom. The van der Waals surface area contributed by atoms with Gasteiger partial charge >= 0.3 is 0 Å². The summed E-state index contributed by atoms with van der Waals surface area (Å²) < 4.78 is 0. The number of aliphatic hydroxyl groups excluding tert-OH is 1. The fourth-order valence-electron chi connectivity index (χ4n) is 1.57. The van der Waals surface area contributed by atoms with Gasteiger partial charge in [0.2, 0.25) is 0 Å². The summed E-state index contributed by atoms with van der Waals surface area (Å²) in [5, 5.41) is 9.26. The van der Waals surface area contributed by atoms with Crippen molar-refractivity contribution in [2.75, 3.05) is 6.54 Å². The summed E-state index contributed by atoms with van der Waals surface area (Å²) in [6.45, 7) is 0.724. The quantitative estimate of drug-likeness (QED) is 0.570. The van der Waals surface area contributed by atoms with Crippen LogP contribution < -0.4 is 5.73 Å². The van der Waals surface area contributed by atoms with E-state index < -0.39 is 0 Å². The summed E-state index contributed by atoms with van der Waals surface area (Å²) >= 11 is 0. The lowest BCUT2D eigenvalue weighted by Crippen LogP contribution is -2.16. The highest BCUT2D eigenvalue weighted by molar-refractivity contribution is 4.76. The summed E-state index contributed by atoms with van der Waals surface area (Å²) in [6.07, 6.45) is 4.31. The molecular formula is C7H15NO. The van der Waals surface area contributed by atoms with Gasteiger partial charge in [-0.05, 0) is 31.7 Å². The van der Waals surface area contributed by atoms with Gasteiger partial charge in [-0.1, -0.05) is 6.42 Å². The van der Waals surface area contributed by atoms with Crippen LogP contribution in [0.3, 0.4) is 0 Å². The van der Waals surface area contributed by atoms with Crippen LogP contribution in [0.1, 0.15) is 25.7 Å². The van der Waals surface area contributed by atoms with Crippen LogP contribution in [-0.4, -0.2) is 17.8 Å². The molecule has 0 unspecified atom stereocenters. The molecule has 0 heterocycles. The lowest BCUT2D eigenvalue weighted by Gasteiger charge is -2.11. The molecule has 0 aliphatic heterocycles. The summed E-state index contributed by atoms with van der Waals surface area (Å²) in [5.74, 6) is 0.509. The van der Waals surface area contributed by atoms with E-state index in [-0.39, 0.29) is 6.10 Å². The van der Waals surface area contributed by atoms with Crippen LogP contribution in [0, 0.1) is 5.92 Å². The molecule has 0 aromatic rings. The molecule has 9 heavy (non-hydrogen) atoms. The Morgan fingerprint density at radius 2 is 2.22 bits per heavy atom. The van der Waals surface area contributed by atoms with Crippen LogP contribution in [0.2, 0.25) is 0 Å². The Morgan fingerprint density at radius 1 is 1.44 bits per heavy atom. The highest BCUT2D eigenvalue weighted by Gasteiger charge is 2.23. The third-order valence-electron chi connectivity index (χ3n) is 2.16. The van der Waals surface area contributed by atoms with Crippen LogP contribution in [0.5, 0.6) is 0 Å². The maximum absolute atomic E-state index is 9.26. The van der Waals surface area contributed by atoms with Gasteiger partial charge in [0.15, 0.2) is 0 Å². The van der Waals surface area contributed by atoms with Gasteiger partial charge in [-0.3, -0.25) is 0 Å². The molecule has 0 saturated heterocycles. The van der Waals surface area contributed by atoms with Crippen LogP contribution in [0.4, 0.5) is 0 Å². The molecule has 54 valence electrons. The molecule has 0 aromatic carbocycles. The summed E-state index contributed by atoms with van der Waals surface area (Å²) in [4.78, 5) is 0. The van der Waals surface area contributed by atoms with E-state index in [0.29, 0.717) is 5.92 Å². The SMILES string of the molecule is NCC[C@H]1CCC[C@H]1O. The Kier molecular flexibility index (Phi) is 2.49. The average molecular weight is 129 g/mol. The smallest absolute Gasteiger partial charge is 0.0568 e. The number of hydrogen-bond donors (Lipinski definition) is 2. The van der Waals surface area contributed by atoms with Gasteiger partial charge in [-0.15, -0.1) is 0 Å². The first-order chi connectivity index (χ1) is 4.34. The minimum Gasteiger partial charge on any atom is -0.393 e. The molecule has 1 saturated carbocycles. The minimum atomic E-state index is -0.0476. The molecule has 0 bridgehead atoms. The minimum absolute atomic E-state index is 0.0476. The van der Waals surface area contributed by atoms with Crippen molar-refractivity contribution >= 4 is 0 Å². The van der Waals surface area contributed by atoms with E-state index in [0.717, 1.165) is 19.4 Å². The van der Waals surface area contributed by atoms with Gasteiger partial charge in [0.25, 0.3) is 0 Å². The van der Waals surface area contributed by atoms with Crippen LogP contribution >= 0.6 is 0 Å². The topological polar surface area (TPSA) is 46.2 Å². The van der Waals surface area contributed by atoms with Gasteiger partial charge in [0.05, 0.1) is 6.10 Å². The predicted molar refractivity (Wildman–Crippen MR) is 37.0 cm³/mol. The molecule has 2 atom stereocenters. The number of nitrogens with two attached hydrogens (primary N) is 1. The summed E-state index contributed by atoms with van der Waals surface area (Å²) in [7, 11) is 0. The van der Waals surface area contributed by atoms with E-state index in [1.807, 2.05) is 0 Å². The zero-order chi connectivity index (χ0) is 6.69. The molecule has 1 aliphatic carbocycles. The van der Waals surface area contributed by atoms with Crippen LogP contribution in [-0.2, 0) is 0 Å². The van der Waals surface area contributed by atoms with Gasteiger partial charge in [0, 0.05) is 0 Å². The van der Waals surface area contributed by atoms with Crippen molar-refractivity contribution in [1.82, 2.24) is 0 Å². The van der Waals surface area contributed by atoms with Crippen molar-refractivity contribution in [2.45, 2.75) is 31.8 Å². The molecule has 1 fully saturated rings. The lowest BCUT2D eigenvalue weighted by molar-refractivity contribution is 0.129. The van der Waals surface area contributed by atoms with Crippen molar-refractivity contribution < 1.29 is 5.11 Å². The van der Waals surface area contributed by atoms with Crippen LogP contribution in [0.25, 0.3) is 0 Å². The summed E-state index contributed by atoms with van der Waals surface area (Å²) in [6, 6.07) is 0. The second kappa shape index (κ2) is 3.18. The monoisotopic (exact) mass is 129 g/mol. The normalized spacial score (nSPS) is 35.3. The number of hydrogen-bond acceptors (Lipinski definition) is 2. The Hall–Kier alpha value is -0.0800. The van der Waals surface area contributed by atoms with Gasteiger partial charge in [-0.2, -0.15) is 0 Å². The second-order valence-corrected chi connectivity index (χ2v) is 2.84. The fourth-order valence-corrected chi connectivity index (χ4v) is 1.57. The fraction of sp³-hybridized carbons (Fsp3) is 1.00. The molecule has 0 aromatic heterocycles. The predicted octanol–water partition coefficient (Wildman–Crippen LogP) is 0.496. The standard InChI is InChI=1S/C7H15NO/c8-5-4-6-2-1-3-7(6)9/h6-7,9H,1-5,8H2/t6-,7-/m1/s1. The first-order valence-electron chi connectivity index (χ1n) is 3.72. The Bertz CT molecular complexity index is 85.0. The Labute approximate surface area is 56.1 Å². The largest absolute Gasteiger partial charge is 0.393 e. The average Bonchev–Trinajstić information content (AvgIpc) is 2.18. The van der Waals surface area contributed by atoms with Gasteiger partial charge < -0.3 is 10.8 Å².